The van der Waals surface area contributed by atoms with Gasteiger partial charge in [0.1, 0.15) is 5.75 Å². The Balaban J connectivity index is 1.62. The zero-order chi connectivity index (χ0) is 16.7. The van der Waals surface area contributed by atoms with Gasteiger partial charge in [-0.3, -0.25) is 0 Å². The van der Waals surface area contributed by atoms with Crippen LogP contribution in [0.5, 0.6) is 5.75 Å². The molecule has 4 nitrogen and oxygen atoms in total. The van der Waals surface area contributed by atoms with Gasteiger partial charge in [-0.25, -0.2) is 0 Å². The summed E-state index contributed by atoms with van der Waals surface area (Å²) in [6, 6.07) is 12.0. The summed E-state index contributed by atoms with van der Waals surface area (Å²) in [5.74, 6) is 0.249. The Morgan fingerprint density at radius 2 is 1.79 bits per heavy atom. The zero-order valence-electron chi connectivity index (χ0n) is 13.0. The van der Waals surface area contributed by atoms with Crippen LogP contribution in [-0.4, -0.2) is 8.42 Å². The molecule has 4 rings (SSSR count). The Hall–Kier alpha value is -1.76. The second kappa shape index (κ2) is 5.95. The van der Waals surface area contributed by atoms with Crippen molar-refractivity contribution in [2.75, 3.05) is 0 Å². The number of allylic oxidation sites excluding steroid dienone is 1. The SMILES string of the molecule is NS(=O)(=O)Oc1ccc2c(c1)SC(c1ccc3c(c1)CCC3)=CC2. The molecule has 0 bridgehead atoms. The number of thioether (sulfide) groups is 1. The summed E-state index contributed by atoms with van der Waals surface area (Å²) < 4.78 is 27.0. The molecule has 0 aromatic heterocycles. The van der Waals surface area contributed by atoms with E-state index in [0.29, 0.717) is 0 Å². The van der Waals surface area contributed by atoms with Gasteiger partial charge in [0.2, 0.25) is 0 Å². The first kappa shape index (κ1) is 15.7. The monoisotopic (exact) mass is 359 g/mol. The van der Waals surface area contributed by atoms with Gasteiger partial charge in [-0.1, -0.05) is 42.1 Å². The summed E-state index contributed by atoms with van der Waals surface area (Å²) in [5.41, 5.74) is 5.30. The third-order valence-corrected chi connectivity index (χ3v) is 6.01. The van der Waals surface area contributed by atoms with Gasteiger partial charge in [0.05, 0.1) is 0 Å². The van der Waals surface area contributed by atoms with Crippen molar-refractivity contribution in [3.05, 3.63) is 64.7 Å². The maximum atomic E-state index is 11.1. The quantitative estimate of drug-likeness (QED) is 0.911. The number of hydrogen-bond donors (Lipinski definition) is 1. The Morgan fingerprint density at radius 3 is 2.62 bits per heavy atom. The summed E-state index contributed by atoms with van der Waals surface area (Å²) >= 11 is 1.64. The van der Waals surface area contributed by atoms with Gasteiger partial charge >= 0.3 is 10.3 Å². The van der Waals surface area contributed by atoms with Crippen molar-refractivity contribution in [3.63, 3.8) is 0 Å². The molecule has 124 valence electrons. The second-order valence-electron chi connectivity index (χ2n) is 6.06. The third-order valence-electron chi connectivity index (χ3n) is 4.36. The smallest absolute Gasteiger partial charge is 0.371 e. The predicted octanol–water partition coefficient (Wildman–Crippen LogP) is 3.45. The lowest BCUT2D eigenvalue weighted by Crippen LogP contribution is -2.19. The van der Waals surface area contributed by atoms with Crippen molar-refractivity contribution in [2.24, 2.45) is 5.14 Å². The lowest BCUT2D eigenvalue weighted by Gasteiger charge is -2.18. The fourth-order valence-corrected chi connectivity index (χ4v) is 4.73. The van der Waals surface area contributed by atoms with Crippen LogP contribution in [0.25, 0.3) is 4.91 Å². The van der Waals surface area contributed by atoms with Gasteiger partial charge in [-0.15, -0.1) is 0 Å². The first-order valence-electron chi connectivity index (χ1n) is 7.83. The highest BCUT2D eigenvalue weighted by molar-refractivity contribution is 8.08. The Morgan fingerprint density at radius 1 is 1.00 bits per heavy atom. The molecule has 6 heteroatoms. The van der Waals surface area contributed by atoms with Crippen LogP contribution in [0.4, 0.5) is 0 Å². The van der Waals surface area contributed by atoms with Crippen LogP contribution in [0.15, 0.2) is 47.4 Å². The molecule has 2 aromatic rings. The molecule has 0 atom stereocenters. The largest absolute Gasteiger partial charge is 0.380 e. The van der Waals surface area contributed by atoms with E-state index in [0.717, 1.165) is 23.3 Å². The predicted molar refractivity (Wildman–Crippen MR) is 96.2 cm³/mol. The summed E-state index contributed by atoms with van der Waals surface area (Å²) in [4.78, 5) is 2.21. The van der Waals surface area contributed by atoms with Gasteiger partial charge < -0.3 is 4.18 Å². The van der Waals surface area contributed by atoms with E-state index in [1.807, 2.05) is 6.07 Å². The molecule has 0 radical (unpaired) electrons. The van der Waals surface area contributed by atoms with Gasteiger partial charge in [0.15, 0.2) is 0 Å². The molecule has 1 aliphatic heterocycles. The molecule has 0 fully saturated rings. The summed E-state index contributed by atoms with van der Waals surface area (Å²) in [6.45, 7) is 0. The maximum Gasteiger partial charge on any atom is 0.380 e. The van der Waals surface area contributed by atoms with Gasteiger partial charge in [-0.2, -0.15) is 13.6 Å². The highest BCUT2D eigenvalue weighted by Crippen LogP contribution is 2.42. The van der Waals surface area contributed by atoms with Gasteiger partial charge in [0.25, 0.3) is 0 Å². The average molecular weight is 359 g/mol. The van der Waals surface area contributed by atoms with Crippen molar-refractivity contribution in [1.82, 2.24) is 0 Å². The summed E-state index contributed by atoms with van der Waals surface area (Å²) in [5, 5.41) is 4.95. The molecule has 0 saturated heterocycles. The molecule has 24 heavy (non-hydrogen) atoms. The molecule has 0 saturated carbocycles. The Kier molecular flexibility index (Phi) is 3.90. The van der Waals surface area contributed by atoms with E-state index < -0.39 is 10.3 Å². The minimum Gasteiger partial charge on any atom is -0.371 e. The Labute approximate surface area is 146 Å². The highest BCUT2D eigenvalue weighted by Gasteiger charge is 2.18. The standard InChI is InChI=1S/C18H17NO3S2/c19-24(20,21)22-16-8-6-13-7-9-17(23-18(13)11-16)15-5-4-12-2-1-3-14(12)10-15/h4-6,8-11H,1-3,7H2,(H2,19,20,21). The number of benzene rings is 2. The minimum absolute atomic E-state index is 0.249. The number of fused-ring (bicyclic) bond motifs is 2. The van der Waals surface area contributed by atoms with Crippen molar-refractivity contribution >= 4 is 27.0 Å². The summed E-state index contributed by atoms with van der Waals surface area (Å²) in [7, 11) is -4.00. The van der Waals surface area contributed by atoms with Crippen molar-refractivity contribution in [2.45, 2.75) is 30.6 Å². The Bertz CT molecular complexity index is 949. The molecule has 1 heterocycles. The molecule has 0 unspecified atom stereocenters. The molecule has 2 N–H and O–H groups in total. The minimum atomic E-state index is -4.00. The topological polar surface area (TPSA) is 69.4 Å². The first-order chi connectivity index (χ1) is 11.5. The van der Waals surface area contributed by atoms with E-state index in [9.17, 15) is 8.42 Å². The summed E-state index contributed by atoms with van der Waals surface area (Å²) in [6.07, 6.45) is 6.62. The molecule has 0 spiro atoms. The van der Waals surface area contributed by atoms with Crippen molar-refractivity contribution in [3.8, 4) is 5.75 Å². The first-order valence-corrected chi connectivity index (χ1v) is 10.1. The van der Waals surface area contributed by atoms with Crippen LogP contribution in [-0.2, 0) is 29.6 Å². The lowest BCUT2D eigenvalue weighted by molar-refractivity contribution is 0.487. The van der Waals surface area contributed by atoms with E-state index in [4.69, 9.17) is 9.32 Å². The number of rotatable bonds is 3. The zero-order valence-corrected chi connectivity index (χ0v) is 14.6. The van der Waals surface area contributed by atoms with E-state index >= 15 is 0 Å². The van der Waals surface area contributed by atoms with E-state index in [1.165, 1.54) is 34.4 Å². The second-order valence-corrected chi connectivity index (χ2v) is 8.29. The number of hydrogen-bond acceptors (Lipinski definition) is 4. The van der Waals surface area contributed by atoms with E-state index in [1.54, 1.807) is 23.9 Å². The van der Waals surface area contributed by atoms with Crippen LogP contribution < -0.4 is 9.32 Å². The fourth-order valence-electron chi connectivity index (χ4n) is 3.25. The van der Waals surface area contributed by atoms with Crippen LogP contribution in [0, 0.1) is 0 Å². The van der Waals surface area contributed by atoms with Gasteiger partial charge in [0, 0.05) is 9.80 Å². The lowest BCUT2D eigenvalue weighted by atomic mass is 10.0. The van der Waals surface area contributed by atoms with Crippen molar-refractivity contribution < 1.29 is 12.6 Å². The van der Waals surface area contributed by atoms with Crippen LogP contribution in [0.3, 0.4) is 0 Å². The van der Waals surface area contributed by atoms with Crippen LogP contribution in [0.2, 0.25) is 0 Å². The molecule has 1 aliphatic carbocycles. The molecule has 2 aliphatic rings. The van der Waals surface area contributed by atoms with Crippen molar-refractivity contribution in [1.29, 1.82) is 0 Å². The third kappa shape index (κ3) is 3.22. The molecular weight excluding hydrogens is 342 g/mol. The fraction of sp³-hybridized carbons (Fsp3) is 0.222. The average Bonchev–Trinajstić information content (AvgIpc) is 3.00. The van der Waals surface area contributed by atoms with Crippen LogP contribution in [0.1, 0.15) is 28.7 Å². The van der Waals surface area contributed by atoms with Crippen LogP contribution >= 0.6 is 11.8 Å². The van der Waals surface area contributed by atoms with Gasteiger partial charge in [-0.05, 0) is 60.1 Å². The number of nitrogens with two attached hydrogens (primary N) is 1. The maximum absolute atomic E-state index is 11.1. The normalized spacial score (nSPS) is 16.3. The van der Waals surface area contributed by atoms with E-state index in [-0.39, 0.29) is 5.75 Å². The molecule has 0 amide bonds. The molecule has 2 aromatic carbocycles. The molecular formula is C18H17NO3S2. The highest BCUT2D eigenvalue weighted by atomic mass is 32.2. The van der Waals surface area contributed by atoms with E-state index in [2.05, 4.69) is 24.3 Å². The number of aryl methyl sites for hydroxylation is 2.